The highest BCUT2D eigenvalue weighted by atomic mass is 16.5. The molecule has 146 valence electrons. The third-order valence-corrected chi connectivity index (χ3v) is 4.62. The highest BCUT2D eigenvalue weighted by Crippen LogP contribution is 2.38. The molecular formula is C23H25NO4. The number of carbonyl (C=O) groups excluding carboxylic acids is 1. The molecule has 28 heavy (non-hydrogen) atoms. The number of hydrogen-bond acceptors (Lipinski definition) is 4. The van der Waals surface area contributed by atoms with Crippen molar-refractivity contribution in [3.8, 4) is 17.2 Å². The van der Waals surface area contributed by atoms with E-state index >= 15 is 0 Å². The molecular weight excluding hydrogens is 354 g/mol. The van der Waals surface area contributed by atoms with Crippen LogP contribution in [0.5, 0.6) is 17.2 Å². The SMILES string of the molecule is CCN(C(=O)COc1c(OC)cc(C)cc1OC)c1cccc2ccccc12. The number of rotatable bonds is 7. The number of carbonyl (C=O) groups is 1. The van der Waals surface area contributed by atoms with E-state index in [0.29, 0.717) is 23.8 Å². The predicted octanol–water partition coefficient (Wildman–Crippen LogP) is 4.60. The lowest BCUT2D eigenvalue weighted by molar-refractivity contribution is -0.120. The third-order valence-electron chi connectivity index (χ3n) is 4.62. The normalized spacial score (nSPS) is 10.6. The quantitative estimate of drug-likeness (QED) is 0.602. The van der Waals surface area contributed by atoms with Gasteiger partial charge in [-0.05, 0) is 43.0 Å². The number of likely N-dealkylation sites (N-methyl/N-ethyl adjacent to an activating group) is 1. The fourth-order valence-electron chi connectivity index (χ4n) is 3.29. The molecule has 0 spiro atoms. The standard InChI is InChI=1S/C23H25NO4/c1-5-24(19-12-8-10-17-9-6-7-11-18(17)19)22(25)15-28-23-20(26-3)13-16(2)14-21(23)27-4/h6-14H,5,15H2,1-4H3. The summed E-state index contributed by atoms with van der Waals surface area (Å²) in [6.45, 7) is 4.32. The number of hydrogen-bond donors (Lipinski definition) is 0. The zero-order valence-electron chi connectivity index (χ0n) is 16.7. The maximum Gasteiger partial charge on any atom is 0.264 e. The molecule has 0 N–H and O–H groups in total. The van der Waals surface area contributed by atoms with Crippen molar-refractivity contribution in [2.24, 2.45) is 0 Å². The van der Waals surface area contributed by atoms with Crippen LogP contribution in [0.25, 0.3) is 10.8 Å². The van der Waals surface area contributed by atoms with Gasteiger partial charge in [0.1, 0.15) is 0 Å². The van der Waals surface area contributed by atoms with E-state index in [1.807, 2.05) is 68.4 Å². The molecule has 0 saturated carbocycles. The van der Waals surface area contributed by atoms with E-state index in [-0.39, 0.29) is 12.5 Å². The minimum Gasteiger partial charge on any atom is -0.493 e. The summed E-state index contributed by atoms with van der Waals surface area (Å²) in [4.78, 5) is 14.7. The van der Waals surface area contributed by atoms with E-state index < -0.39 is 0 Å². The van der Waals surface area contributed by atoms with E-state index in [4.69, 9.17) is 14.2 Å². The van der Waals surface area contributed by atoms with E-state index in [1.54, 1.807) is 19.1 Å². The molecule has 0 heterocycles. The first-order chi connectivity index (χ1) is 13.6. The Morgan fingerprint density at radius 2 is 1.61 bits per heavy atom. The van der Waals surface area contributed by atoms with Crippen LogP contribution in [-0.2, 0) is 4.79 Å². The molecule has 0 saturated heterocycles. The van der Waals surface area contributed by atoms with Gasteiger partial charge in [-0.25, -0.2) is 0 Å². The van der Waals surface area contributed by atoms with Gasteiger partial charge in [0.05, 0.1) is 19.9 Å². The fraction of sp³-hybridized carbons (Fsp3) is 0.261. The summed E-state index contributed by atoms with van der Waals surface area (Å²) in [7, 11) is 3.13. The maximum absolute atomic E-state index is 13.0. The Labute approximate surface area is 165 Å². The zero-order chi connectivity index (χ0) is 20.1. The Kier molecular flexibility index (Phi) is 6.04. The lowest BCUT2D eigenvalue weighted by atomic mass is 10.1. The first-order valence-electron chi connectivity index (χ1n) is 9.22. The molecule has 0 aliphatic heterocycles. The molecule has 0 atom stereocenters. The number of amides is 1. The molecule has 0 aromatic heterocycles. The topological polar surface area (TPSA) is 48.0 Å². The zero-order valence-corrected chi connectivity index (χ0v) is 16.7. The van der Waals surface area contributed by atoms with Gasteiger partial charge in [-0.1, -0.05) is 36.4 Å². The maximum atomic E-state index is 13.0. The van der Waals surface area contributed by atoms with Gasteiger partial charge in [0.25, 0.3) is 5.91 Å². The van der Waals surface area contributed by atoms with Gasteiger partial charge in [0, 0.05) is 11.9 Å². The van der Waals surface area contributed by atoms with Crippen LogP contribution in [0.3, 0.4) is 0 Å². The van der Waals surface area contributed by atoms with Gasteiger partial charge in [-0.15, -0.1) is 0 Å². The monoisotopic (exact) mass is 379 g/mol. The van der Waals surface area contributed by atoms with E-state index in [0.717, 1.165) is 22.0 Å². The highest BCUT2D eigenvalue weighted by Gasteiger charge is 2.19. The van der Waals surface area contributed by atoms with Crippen LogP contribution >= 0.6 is 0 Å². The van der Waals surface area contributed by atoms with Crippen molar-refractivity contribution in [3.63, 3.8) is 0 Å². The Balaban J connectivity index is 1.86. The number of aryl methyl sites for hydroxylation is 1. The van der Waals surface area contributed by atoms with Crippen molar-refractivity contribution < 1.29 is 19.0 Å². The van der Waals surface area contributed by atoms with Crippen LogP contribution in [0.2, 0.25) is 0 Å². The van der Waals surface area contributed by atoms with Crippen LogP contribution in [0.4, 0.5) is 5.69 Å². The second-order valence-corrected chi connectivity index (χ2v) is 6.42. The van der Waals surface area contributed by atoms with Crippen LogP contribution in [0.15, 0.2) is 54.6 Å². The summed E-state index contributed by atoms with van der Waals surface area (Å²) >= 11 is 0. The minimum atomic E-state index is -0.136. The Hall–Kier alpha value is -3.21. The minimum absolute atomic E-state index is 0.118. The van der Waals surface area contributed by atoms with Gasteiger partial charge >= 0.3 is 0 Å². The van der Waals surface area contributed by atoms with Crippen LogP contribution in [-0.4, -0.2) is 33.3 Å². The average molecular weight is 379 g/mol. The van der Waals surface area contributed by atoms with Gasteiger partial charge in [-0.3, -0.25) is 4.79 Å². The highest BCUT2D eigenvalue weighted by molar-refractivity contribution is 6.04. The molecule has 3 aromatic rings. The number of benzene rings is 3. The molecule has 5 nitrogen and oxygen atoms in total. The van der Waals surface area contributed by atoms with Crippen LogP contribution in [0, 0.1) is 6.92 Å². The third kappa shape index (κ3) is 3.88. The molecule has 0 fully saturated rings. The second-order valence-electron chi connectivity index (χ2n) is 6.42. The van der Waals surface area contributed by atoms with Crippen molar-refractivity contribution in [3.05, 3.63) is 60.2 Å². The number of methoxy groups -OCH3 is 2. The molecule has 5 heteroatoms. The van der Waals surface area contributed by atoms with Gasteiger partial charge in [-0.2, -0.15) is 0 Å². The van der Waals surface area contributed by atoms with Gasteiger partial charge < -0.3 is 19.1 Å². The molecule has 1 amide bonds. The average Bonchev–Trinajstić information content (AvgIpc) is 2.72. The summed E-state index contributed by atoms with van der Waals surface area (Å²) in [5, 5.41) is 2.12. The van der Waals surface area contributed by atoms with Crippen molar-refractivity contribution in [1.82, 2.24) is 0 Å². The first-order valence-corrected chi connectivity index (χ1v) is 9.22. The molecule has 3 rings (SSSR count). The molecule has 0 bridgehead atoms. The lowest BCUT2D eigenvalue weighted by Crippen LogP contribution is -2.35. The van der Waals surface area contributed by atoms with Crippen molar-refractivity contribution in [2.45, 2.75) is 13.8 Å². The van der Waals surface area contributed by atoms with E-state index in [9.17, 15) is 4.79 Å². The Bertz CT molecular complexity index is 953. The lowest BCUT2D eigenvalue weighted by Gasteiger charge is -2.23. The summed E-state index contributed by atoms with van der Waals surface area (Å²) in [5.74, 6) is 1.37. The largest absolute Gasteiger partial charge is 0.493 e. The summed E-state index contributed by atoms with van der Waals surface area (Å²) < 4.78 is 16.6. The van der Waals surface area contributed by atoms with E-state index in [2.05, 4.69) is 0 Å². The van der Waals surface area contributed by atoms with Gasteiger partial charge in [0.15, 0.2) is 18.1 Å². The Morgan fingerprint density at radius 1 is 0.964 bits per heavy atom. The summed E-state index contributed by atoms with van der Waals surface area (Å²) in [6.07, 6.45) is 0. The molecule has 0 aliphatic rings. The van der Waals surface area contributed by atoms with Crippen LogP contribution in [0.1, 0.15) is 12.5 Å². The number of ether oxygens (including phenoxy) is 3. The molecule has 3 aromatic carbocycles. The van der Waals surface area contributed by atoms with Crippen molar-refractivity contribution >= 4 is 22.4 Å². The van der Waals surface area contributed by atoms with Crippen molar-refractivity contribution in [2.75, 3.05) is 32.3 Å². The van der Waals surface area contributed by atoms with Gasteiger partial charge in [0.2, 0.25) is 5.75 Å². The van der Waals surface area contributed by atoms with Crippen molar-refractivity contribution in [1.29, 1.82) is 0 Å². The second kappa shape index (κ2) is 8.65. The summed E-state index contributed by atoms with van der Waals surface area (Å²) in [6, 6.07) is 17.7. The molecule has 0 radical (unpaired) electrons. The summed E-state index contributed by atoms with van der Waals surface area (Å²) in [5.41, 5.74) is 1.86. The number of anilines is 1. The smallest absolute Gasteiger partial charge is 0.264 e. The predicted molar refractivity (Wildman–Crippen MR) is 112 cm³/mol. The number of fused-ring (bicyclic) bond motifs is 1. The first kappa shape index (κ1) is 19.5. The molecule has 0 unspecified atom stereocenters. The fourth-order valence-corrected chi connectivity index (χ4v) is 3.29. The molecule has 0 aliphatic carbocycles. The number of nitrogens with zero attached hydrogens (tertiary/aromatic N) is 1. The van der Waals surface area contributed by atoms with Crippen LogP contribution < -0.4 is 19.1 Å². The van der Waals surface area contributed by atoms with E-state index in [1.165, 1.54) is 0 Å². The Morgan fingerprint density at radius 3 is 2.25 bits per heavy atom.